The predicted octanol–water partition coefficient (Wildman–Crippen LogP) is 7.29. The maximum Gasteiger partial charge on any atom is 0.142 e. The van der Waals surface area contributed by atoms with Crippen LogP contribution in [0.5, 0.6) is 0 Å². The van der Waals surface area contributed by atoms with Crippen LogP contribution in [-0.4, -0.2) is 0 Å². The molecule has 0 nitrogen and oxygen atoms in total. The number of benzene rings is 1. The molecule has 0 atom stereocenters. The first-order chi connectivity index (χ1) is 13.1. The molecule has 0 amide bonds. The normalized spacial score (nSPS) is 28.7. The monoisotopic (exact) mass is 374 g/mol. The third-order valence-corrected chi connectivity index (χ3v) is 6.48. The van der Waals surface area contributed by atoms with Crippen LogP contribution in [0.2, 0.25) is 0 Å². The van der Waals surface area contributed by atoms with Gasteiger partial charge in [-0.05, 0) is 86.8 Å². The fourth-order valence-electron chi connectivity index (χ4n) is 4.58. The van der Waals surface area contributed by atoms with Gasteiger partial charge in [0.15, 0.2) is 0 Å². The van der Waals surface area contributed by atoms with Crippen LogP contribution in [0.4, 0.5) is 13.2 Å². The predicted molar refractivity (Wildman–Crippen MR) is 104 cm³/mol. The van der Waals surface area contributed by atoms with Gasteiger partial charge in [0, 0.05) is 5.92 Å². The lowest BCUT2D eigenvalue weighted by Gasteiger charge is -2.28. The Morgan fingerprint density at radius 3 is 2.15 bits per heavy atom. The highest BCUT2D eigenvalue weighted by atomic mass is 19.1. The van der Waals surface area contributed by atoms with Crippen LogP contribution in [0.15, 0.2) is 24.5 Å². The van der Waals surface area contributed by atoms with Crippen molar-refractivity contribution in [1.29, 1.82) is 0 Å². The Morgan fingerprint density at radius 2 is 1.59 bits per heavy atom. The Hall–Kier alpha value is -1.69. The molecule has 0 radical (unpaired) electrons. The van der Waals surface area contributed by atoms with Crippen LogP contribution in [-0.2, 0) is 0 Å². The van der Waals surface area contributed by atoms with Crippen LogP contribution in [0.25, 0.3) is 0 Å². The van der Waals surface area contributed by atoms with Crippen molar-refractivity contribution < 1.29 is 13.2 Å². The molecule has 0 heterocycles. The molecule has 0 bridgehead atoms. The molecule has 2 fully saturated rings. The lowest BCUT2D eigenvalue weighted by Crippen LogP contribution is -2.13. The fourth-order valence-corrected chi connectivity index (χ4v) is 4.58. The largest absolute Gasteiger partial charge is 0.216 e. The molecule has 2 aliphatic carbocycles. The standard InChI is InChI=1S/C24H29F3/c1-2-17-7-10-20(11-8-17)21-15-23(26)22(24(27)16-21)12-9-18-3-5-19(6-4-18)13-14-25/h13-20H,2-8,10-11H2,1H3/b14-13+. The Bertz CT molecular complexity index is 686. The van der Waals surface area contributed by atoms with E-state index >= 15 is 0 Å². The first-order valence-corrected chi connectivity index (χ1v) is 10.4. The van der Waals surface area contributed by atoms with Gasteiger partial charge in [-0.3, -0.25) is 0 Å². The van der Waals surface area contributed by atoms with E-state index < -0.39 is 11.6 Å². The molecule has 0 N–H and O–H groups in total. The molecule has 0 aliphatic heterocycles. The third-order valence-electron chi connectivity index (χ3n) is 6.48. The van der Waals surface area contributed by atoms with E-state index in [1.165, 1.54) is 18.6 Å². The maximum absolute atomic E-state index is 14.5. The SMILES string of the molecule is CCC1CCC(c2cc(F)c(C#CC3CCC(/C=C/F)CC3)c(F)c2)CC1. The van der Waals surface area contributed by atoms with E-state index in [0.717, 1.165) is 62.8 Å². The first kappa shape index (κ1) is 20.1. The van der Waals surface area contributed by atoms with Crippen molar-refractivity contribution in [3.63, 3.8) is 0 Å². The molecule has 2 aliphatic rings. The van der Waals surface area contributed by atoms with Gasteiger partial charge in [0.1, 0.15) is 11.6 Å². The molecule has 3 rings (SSSR count). The third kappa shape index (κ3) is 5.18. The number of rotatable bonds is 3. The van der Waals surface area contributed by atoms with E-state index in [-0.39, 0.29) is 23.3 Å². The molecule has 0 saturated heterocycles. The Morgan fingerprint density at radius 1 is 0.963 bits per heavy atom. The van der Waals surface area contributed by atoms with E-state index in [9.17, 15) is 13.2 Å². The van der Waals surface area contributed by atoms with Crippen molar-refractivity contribution in [3.8, 4) is 11.8 Å². The van der Waals surface area contributed by atoms with Crippen molar-refractivity contribution in [2.75, 3.05) is 0 Å². The van der Waals surface area contributed by atoms with Crippen molar-refractivity contribution >= 4 is 0 Å². The average molecular weight is 374 g/mol. The molecule has 27 heavy (non-hydrogen) atoms. The van der Waals surface area contributed by atoms with Crippen LogP contribution < -0.4 is 0 Å². The second-order valence-corrected chi connectivity index (χ2v) is 8.18. The van der Waals surface area contributed by atoms with Crippen molar-refractivity contribution in [2.45, 2.75) is 70.6 Å². The van der Waals surface area contributed by atoms with Gasteiger partial charge in [0.2, 0.25) is 0 Å². The number of halogens is 3. The highest BCUT2D eigenvalue weighted by molar-refractivity contribution is 5.40. The summed E-state index contributed by atoms with van der Waals surface area (Å²) < 4.78 is 41.3. The zero-order valence-corrected chi connectivity index (χ0v) is 16.1. The van der Waals surface area contributed by atoms with Gasteiger partial charge in [-0.15, -0.1) is 0 Å². The van der Waals surface area contributed by atoms with E-state index in [1.54, 1.807) is 6.08 Å². The molecule has 0 aromatic heterocycles. The van der Waals surface area contributed by atoms with Crippen LogP contribution in [0.1, 0.15) is 81.8 Å². The smallest absolute Gasteiger partial charge is 0.142 e. The molecule has 1 aromatic rings. The summed E-state index contributed by atoms with van der Waals surface area (Å²) in [6.07, 6.45) is 11.2. The fraction of sp³-hybridized carbons (Fsp3) is 0.583. The van der Waals surface area contributed by atoms with Gasteiger partial charge in [0.25, 0.3) is 0 Å². The molecular weight excluding hydrogens is 345 g/mol. The molecule has 3 heteroatoms. The van der Waals surface area contributed by atoms with Crippen LogP contribution >= 0.6 is 0 Å². The first-order valence-electron chi connectivity index (χ1n) is 10.4. The van der Waals surface area contributed by atoms with E-state index in [2.05, 4.69) is 18.8 Å². The maximum atomic E-state index is 14.5. The van der Waals surface area contributed by atoms with E-state index in [4.69, 9.17) is 0 Å². The minimum atomic E-state index is -0.538. The summed E-state index contributed by atoms with van der Waals surface area (Å²) in [4.78, 5) is 0. The zero-order chi connectivity index (χ0) is 19.2. The molecule has 1 aromatic carbocycles. The van der Waals surface area contributed by atoms with Crippen molar-refractivity contribution in [1.82, 2.24) is 0 Å². The summed E-state index contributed by atoms with van der Waals surface area (Å²) >= 11 is 0. The summed E-state index contributed by atoms with van der Waals surface area (Å²) in [6, 6.07) is 2.99. The number of allylic oxidation sites excluding steroid dienone is 1. The van der Waals surface area contributed by atoms with Crippen LogP contribution in [0, 0.1) is 41.2 Å². The zero-order valence-electron chi connectivity index (χ0n) is 16.1. The van der Waals surface area contributed by atoms with E-state index in [0.29, 0.717) is 6.33 Å². The molecule has 2 saturated carbocycles. The Kier molecular flexibility index (Phi) is 7.05. The summed E-state index contributed by atoms with van der Waals surface area (Å²) in [6.45, 7) is 2.21. The van der Waals surface area contributed by atoms with Gasteiger partial charge in [0.05, 0.1) is 11.9 Å². The van der Waals surface area contributed by atoms with E-state index in [1.807, 2.05) is 0 Å². The van der Waals surface area contributed by atoms with Gasteiger partial charge in [-0.1, -0.05) is 31.3 Å². The van der Waals surface area contributed by atoms with Crippen molar-refractivity contribution in [3.05, 3.63) is 47.3 Å². The molecule has 0 unspecified atom stereocenters. The minimum absolute atomic E-state index is 0.105. The summed E-state index contributed by atoms with van der Waals surface area (Å²) in [5.74, 6) is 6.15. The highest BCUT2D eigenvalue weighted by Gasteiger charge is 2.23. The second-order valence-electron chi connectivity index (χ2n) is 8.18. The van der Waals surface area contributed by atoms with Gasteiger partial charge in [-0.2, -0.15) is 0 Å². The quantitative estimate of drug-likeness (QED) is 0.487. The van der Waals surface area contributed by atoms with Crippen LogP contribution in [0.3, 0.4) is 0 Å². The Labute approximate surface area is 161 Å². The summed E-state index contributed by atoms with van der Waals surface area (Å²) in [5.41, 5.74) is 0.676. The number of hydrogen-bond donors (Lipinski definition) is 0. The van der Waals surface area contributed by atoms with Gasteiger partial charge in [-0.25, -0.2) is 13.2 Å². The molecule has 0 spiro atoms. The highest BCUT2D eigenvalue weighted by Crippen LogP contribution is 2.37. The summed E-state index contributed by atoms with van der Waals surface area (Å²) in [5, 5.41) is 0. The van der Waals surface area contributed by atoms with Crippen molar-refractivity contribution in [2.24, 2.45) is 17.8 Å². The summed E-state index contributed by atoms with van der Waals surface area (Å²) in [7, 11) is 0. The van der Waals surface area contributed by atoms with Gasteiger partial charge >= 0.3 is 0 Å². The molecular formula is C24H29F3. The average Bonchev–Trinajstić information content (AvgIpc) is 2.69. The topological polar surface area (TPSA) is 0 Å². The minimum Gasteiger partial charge on any atom is -0.216 e. The lowest BCUT2D eigenvalue weighted by molar-refractivity contribution is 0.318. The lowest BCUT2D eigenvalue weighted by atomic mass is 9.77. The number of hydrogen-bond acceptors (Lipinski definition) is 0. The van der Waals surface area contributed by atoms with Gasteiger partial charge < -0.3 is 0 Å². The molecule has 146 valence electrons. The second kappa shape index (κ2) is 9.49. The Balaban J connectivity index is 1.66.